The Morgan fingerprint density at radius 1 is 0.974 bits per heavy atom. The van der Waals surface area contributed by atoms with Gasteiger partial charge in [-0.3, -0.25) is 14.5 Å². The van der Waals surface area contributed by atoms with E-state index in [-0.39, 0.29) is 18.9 Å². The summed E-state index contributed by atoms with van der Waals surface area (Å²) in [5, 5.41) is 8.82. The van der Waals surface area contributed by atoms with Crippen LogP contribution in [0.15, 0.2) is 71.3 Å². The van der Waals surface area contributed by atoms with Gasteiger partial charge in [-0.15, -0.1) is 0 Å². The van der Waals surface area contributed by atoms with E-state index in [1.807, 2.05) is 48.5 Å². The predicted molar refractivity (Wildman–Crippen MR) is 149 cm³/mol. The zero-order valence-electron chi connectivity index (χ0n) is 23.3. The quantitative estimate of drug-likeness (QED) is 0.263. The minimum Gasteiger partial charge on any atom is -0.493 e. The number of unbranched alkanes of at least 4 members (excludes halogenated alkanes) is 2. The van der Waals surface area contributed by atoms with Crippen LogP contribution in [0.3, 0.4) is 0 Å². The van der Waals surface area contributed by atoms with Gasteiger partial charge in [0, 0.05) is 57.2 Å². The van der Waals surface area contributed by atoms with E-state index in [2.05, 4.69) is 4.90 Å². The summed E-state index contributed by atoms with van der Waals surface area (Å²) in [6, 6.07) is 18.6. The fraction of sp³-hybridized carbons (Fsp3) is 0.419. The molecule has 1 unspecified atom stereocenters. The number of morpholine rings is 1. The van der Waals surface area contributed by atoms with Gasteiger partial charge >= 0.3 is 5.97 Å². The van der Waals surface area contributed by atoms with Gasteiger partial charge in [0.2, 0.25) is 0 Å². The SMILES string of the molecule is [2H]C(CCN1CCOCC1)N(Cc1ccccc1OCCCCCC(=O)O)C(=O)c1ccc(-c2ccco2)cc1. The molecule has 208 valence electrons. The highest BCUT2D eigenvalue weighted by atomic mass is 16.5. The summed E-state index contributed by atoms with van der Waals surface area (Å²) in [4.78, 5) is 28.4. The van der Waals surface area contributed by atoms with Crippen LogP contribution in [-0.4, -0.2) is 72.8 Å². The maximum atomic E-state index is 13.8. The molecular weight excluding hydrogens is 496 g/mol. The molecular formula is C31H38N2O6. The van der Waals surface area contributed by atoms with E-state index < -0.39 is 12.5 Å². The zero-order valence-corrected chi connectivity index (χ0v) is 22.3. The Morgan fingerprint density at radius 2 is 1.77 bits per heavy atom. The van der Waals surface area contributed by atoms with Crippen LogP contribution in [0.1, 0.15) is 49.4 Å². The van der Waals surface area contributed by atoms with E-state index in [1.165, 1.54) is 0 Å². The van der Waals surface area contributed by atoms with Gasteiger partial charge in [-0.2, -0.15) is 0 Å². The molecule has 0 aliphatic carbocycles. The summed E-state index contributed by atoms with van der Waals surface area (Å²) in [7, 11) is 0. The van der Waals surface area contributed by atoms with Gasteiger partial charge in [-0.05, 0) is 56.0 Å². The molecule has 8 nitrogen and oxygen atoms in total. The molecule has 3 aromatic rings. The largest absolute Gasteiger partial charge is 0.493 e. The van der Waals surface area contributed by atoms with Crippen LogP contribution in [0.2, 0.25) is 0 Å². The molecule has 39 heavy (non-hydrogen) atoms. The first-order chi connectivity index (χ1) is 19.5. The van der Waals surface area contributed by atoms with Gasteiger partial charge in [-0.1, -0.05) is 30.3 Å². The molecule has 2 heterocycles. The average Bonchev–Trinajstić information content (AvgIpc) is 3.52. The number of para-hydroxylation sites is 1. The molecule has 0 spiro atoms. The van der Waals surface area contributed by atoms with Crippen molar-refractivity contribution in [3.05, 3.63) is 78.1 Å². The highest BCUT2D eigenvalue weighted by Crippen LogP contribution is 2.24. The molecule has 8 heteroatoms. The van der Waals surface area contributed by atoms with Crippen molar-refractivity contribution in [2.24, 2.45) is 0 Å². The fourth-order valence-electron chi connectivity index (χ4n) is 4.52. The Hall–Kier alpha value is -3.62. The first-order valence-corrected chi connectivity index (χ1v) is 13.6. The van der Waals surface area contributed by atoms with Gasteiger partial charge in [0.05, 0.1) is 26.1 Å². The smallest absolute Gasteiger partial charge is 0.303 e. The van der Waals surface area contributed by atoms with Crippen molar-refractivity contribution in [1.82, 2.24) is 9.80 Å². The van der Waals surface area contributed by atoms with Crippen molar-refractivity contribution in [1.29, 1.82) is 0 Å². The monoisotopic (exact) mass is 535 g/mol. The second-order valence-electron chi connectivity index (χ2n) is 9.57. The Balaban J connectivity index is 1.46. The molecule has 4 rings (SSSR count). The van der Waals surface area contributed by atoms with E-state index >= 15 is 0 Å². The number of benzene rings is 2. The summed E-state index contributed by atoms with van der Waals surface area (Å²) in [5.74, 6) is 0.405. The fourth-order valence-corrected chi connectivity index (χ4v) is 4.52. The maximum absolute atomic E-state index is 13.8. The Labute approximate surface area is 231 Å². The third-order valence-corrected chi connectivity index (χ3v) is 6.70. The molecule has 0 radical (unpaired) electrons. The van der Waals surface area contributed by atoms with Gasteiger partial charge < -0.3 is 23.9 Å². The second-order valence-corrected chi connectivity index (χ2v) is 9.57. The molecule has 1 saturated heterocycles. The minimum atomic E-state index is -0.787. The van der Waals surface area contributed by atoms with Crippen LogP contribution in [0, 0.1) is 0 Å². The van der Waals surface area contributed by atoms with Crippen molar-refractivity contribution in [2.75, 3.05) is 46.0 Å². The van der Waals surface area contributed by atoms with E-state index in [0.29, 0.717) is 50.5 Å². The zero-order chi connectivity index (χ0) is 28.2. The standard InChI is InChI=1S/C31H38N2O6/c34-30(35)11-2-1-5-20-38-29-9-4-3-8-27(29)24-33(17-7-16-32-18-22-37-23-19-32)31(36)26-14-12-25(13-15-26)28-10-6-21-39-28/h3-4,6,8-10,12-15,21H,1-2,5,7,11,16-20,22-24H2,(H,34,35)/i17D. The molecule has 0 saturated carbocycles. The molecule has 0 bridgehead atoms. The highest BCUT2D eigenvalue weighted by Gasteiger charge is 2.19. The lowest BCUT2D eigenvalue weighted by Crippen LogP contribution is -2.39. The number of carboxylic acid groups (broad SMARTS) is 1. The normalized spacial score (nSPS) is 14.9. The Morgan fingerprint density at radius 3 is 2.51 bits per heavy atom. The summed E-state index contributed by atoms with van der Waals surface area (Å²) < 4.78 is 26.0. The van der Waals surface area contributed by atoms with Crippen molar-refractivity contribution >= 4 is 11.9 Å². The first-order valence-electron chi connectivity index (χ1n) is 14.2. The molecule has 1 N–H and O–H groups in total. The summed E-state index contributed by atoms with van der Waals surface area (Å²) in [6.07, 6.45) is 4.42. The number of ether oxygens (including phenoxy) is 2. The first kappa shape index (κ1) is 27.0. The minimum absolute atomic E-state index is 0.158. The van der Waals surface area contributed by atoms with Crippen LogP contribution in [-0.2, 0) is 16.1 Å². The summed E-state index contributed by atoms with van der Waals surface area (Å²) in [6.45, 7) is 3.71. The second kappa shape index (κ2) is 15.1. The summed E-state index contributed by atoms with van der Waals surface area (Å²) in [5.41, 5.74) is 2.22. The van der Waals surface area contributed by atoms with E-state index in [0.717, 1.165) is 42.8 Å². The van der Waals surface area contributed by atoms with Gasteiger partial charge in [0.1, 0.15) is 11.5 Å². The van der Waals surface area contributed by atoms with Gasteiger partial charge in [0.15, 0.2) is 0 Å². The molecule has 1 aliphatic heterocycles. The topological polar surface area (TPSA) is 92.5 Å². The lowest BCUT2D eigenvalue weighted by molar-refractivity contribution is -0.137. The van der Waals surface area contributed by atoms with E-state index in [9.17, 15) is 9.59 Å². The van der Waals surface area contributed by atoms with Crippen LogP contribution < -0.4 is 4.74 Å². The van der Waals surface area contributed by atoms with Crippen LogP contribution in [0.25, 0.3) is 11.3 Å². The number of carbonyl (C=O) groups excluding carboxylic acids is 1. The van der Waals surface area contributed by atoms with E-state index in [1.54, 1.807) is 23.3 Å². The van der Waals surface area contributed by atoms with Crippen LogP contribution in [0.4, 0.5) is 0 Å². The molecule has 1 aromatic heterocycles. The van der Waals surface area contributed by atoms with Crippen molar-refractivity contribution in [2.45, 2.75) is 38.6 Å². The van der Waals surface area contributed by atoms with Gasteiger partial charge in [-0.25, -0.2) is 0 Å². The third kappa shape index (κ3) is 8.97. The Bertz CT molecular complexity index is 1190. The highest BCUT2D eigenvalue weighted by molar-refractivity contribution is 5.94. The number of carbonyl (C=O) groups is 2. The Kier molecular flexibility index (Phi) is 10.4. The molecule has 2 aromatic carbocycles. The lowest BCUT2D eigenvalue weighted by atomic mass is 10.1. The number of carboxylic acids is 1. The van der Waals surface area contributed by atoms with Crippen molar-refractivity contribution in [3.8, 4) is 17.1 Å². The maximum Gasteiger partial charge on any atom is 0.303 e. The summed E-state index contributed by atoms with van der Waals surface area (Å²) >= 11 is 0. The molecule has 1 aliphatic rings. The lowest BCUT2D eigenvalue weighted by Gasteiger charge is -2.29. The van der Waals surface area contributed by atoms with Crippen molar-refractivity contribution in [3.63, 3.8) is 0 Å². The number of hydrogen-bond donors (Lipinski definition) is 1. The number of amides is 1. The van der Waals surface area contributed by atoms with Gasteiger partial charge in [0.25, 0.3) is 5.91 Å². The predicted octanol–water partition coefficient (Wildman–Crippen LogP) is 5.34. The number of furan rings is 1. The number of nitrogens with zero attached hydrogens (tertiary/aromatic N) is 2. The number of aliphatic carboxylic acids is 1. The molecule has 1 atom stereocenters. The van der Waals surface area contributed by atoms with E-state index in [4.69, 9.17) is 20.4 Å². The number of rotatable bonds is 15. The number of hydrogen-bond acceptors (Lipinski definition) is 6. The molecule has 1 amide bonds. The van der Waals surface area contributed by atoms with Crippen LogP contribution >= 0.6 is 0 Å². The third-order valence-electron chi connectivity index (χ3n) is 6.70. The molecule has 1 fully saturated rings. The average molecular weight is 536 g/mol. The van der Waals surface area contributed by atoms with Crippen LogP contribution in [0.5, 0.6) is 5.75 Å². The van der Waals surface area contributed by atoms with Crippen molar-refractivity contribution < 1.29 is 30.0 Å².